The number of carbonyl (C=O) groups is 2. The zero-order valence-corrected chi connectivity index (χ0v) is 16.0. The van der Waals surface area contributed by atoms with Crippen LogP contribution in [0.5, 0.6) is 0 Å². The first-order valence-corrected chi connectivity index (χ1v) is 9.92. The zero-order valence-electron chi connectivity index (χ0n) is 16.0. The van der Waals surface area contributed by atoms with E-state index in [1.54, 1.807) is 6.08 Å². The molecular formula is C20H34F3NO2. The zero-order chi connectivity index (χ0) is 19.7. The van der Waals surface area contributed by atoms with Crippen LogP contribution < -0.4 is 5.32 Å². The Labute approximate surface area is 155 Å². The molecule has 6 heteroatoms. The Morgan fingerprint density at radius 2 is 1.42 bits per heavy atom. The van der Waals surface area contributed by atoms with Crippen molar-refractivity contribution in [2.75, 3.05) is 6.54 Å². The third-order valence-corrected chi connectivity index (χ3v) is 4.17. The summed E-state index contributed by atoms with van der Waals surface area (Å²) < 4.78 is 35.8. The van der Waals surface area contributed by atoms with Gasteiger partial charge in [0.1, 0.15) is 0 Å². The van der Waals surface area contributed by atoms with Gasteiger partial charge in [-0.2, -0.15) is 13.2 Å². The largest absolute Gasteiger partial charge is 0.471 e. The van der Waals surface area contributed by atoms with Crippen LogP contribution >= 0.6 is 0 Å². The number of carbonyl (C=O) groups excluding carboxylic acids is 2. The Bertz CT molecular complexity index is 406. The molecular weight excluding hydrogens is 343 g/mol. The number of hydrogen-bond acceptors (Lipinski definition) is 2. The van der Waals surface area contributed by atoms with Gasteiger partial charge in [0.25, 0.3) is 0 Å². The molecule has 0 rings (SSSR count). The predicted molar refractivity (Wildman–Crippen MR) is 98.9 cm³/mol. The molecule has 3 nitrogen and oxygen atoms in total. The molecule has 0 aromatic heterocycles. The summed E-state index contributed by atoms with van der Waals surface area (Å²) in [5, 5.41) is 1.86. The smallest absolute Gasteiger partial charge is 0.348 e. The highest BCUT2D eigenvalue weighted by Gasteiger charge is 2.38. The lowest BCUT2D eigenvalue weighted by Crippen LogP contribution is -2.37. The number of ketones is 1. The molecule has 0 aliphatic rings. The quantitative estimate of drug-likeness (QED) is 0.270. The molecule has 1 amide bonds. The maximum atomic E-state index is 11.9. The van der Waals surface area contributed by atoms with Crippen molar-refractivity contribution in [3.05, 3.63) is 12.2 Å². The minimum Gasteiger partial charge on any atom is -0.348 e. The molecule has 0 saturated carbocycles. The molecule has 0 aromatic rings. The average molecular weight is 377 g/mol. The molecule has 0 heterocycles. The van der Waals surface area contributed by atoms with Crippen molar-refractivity contribution < 1.29 is 22.8 Å². The molecule has 0 spiro atoms. The Kier molecular flexibility index (Phi) is 15.1. The molecule has 0 unspecified atom stereocenters. The first-order valence-electron chi connectivity index (χ1n) is 9.92. The number of halogens is 3. The van der Waals surface area contributed by atoms with E-state index in [9.17, 15) is 22.8 Å². The summed E-state index contributed by atoms with van der Waals surface area (Å²) in [7, 11) is 0. The Hall–Kier alpha value is -1.33. The summed E-state index contributed by atoms with van der Waals surface area (Å²) >= 11 is 0. The van der Waals surface area contributed by atoms with Crippen LogP contribution in [-0.4, -0.2) is 24.4 Å². The van der Waals surface area contributed by atoms with Gasteiger partial charge in [-0.05, 0) is 31.8 Å². The number of hydrogen-bond donors (Lipinski definition) is 1. The molecule has 1 N–H and O–H groups in total. The van der Waals surface area contributed by atoms with Gasteiger partial charge in [-0.15, -0.1) is 0 Å². The second-order valence-corrected chi connectivity index (χ2v) is 6.70. The van der Waals surface area contributed by atoms with Gasteiger partial charge in [-0.1, -0.05) is 64.4 Å². The molecule has 0 saturated heterocycles. The molecule has 0 radical (unpaired) electrons. The number of alkyl halides is 3. The van der Waals surface area contributed by atoms with Crippen molar-refractivity contribution in [1.29, 1.82) is 0 Å². The fraction of sp³-hybridized carbons (Fsp3) is 0.800. The topological polar surface area (TPSA) is 46.2 Å². The fourth-order valence-corrected chi connectivity index (χ4v) is 2.60. The van der Waals surface area contributed by atoms with Crippen LogP contribution in [0.3, 0.4) is 0 Å². The van der Waals surface area contributed by atoms with E-state index in [0.717, 1.165) is 44.9 Å². The normalized spacial score (nSPS) is 11.8. The van der Waals surface area contributed by atoms with Crippen LogP contribution in [0, 0.1) is 0 Å². The second-order valence-electron chi connectivity index (χ2n) is 6.70. The predicted octanol–water partition coefficient (Wildman–Crippen LogP) is 5.88. The number of rotatable bonds is 16. The van der Waals surface area contributed by atoms with Gasteiger partial charge in [0.05, 0.1) is 0 Å². The lowest BCUT2D eigenvalue weighted by molar-refractivity contribution is -0.173. The van der Waals surface area contributed by atoms with Crippen molar-refractivity contribution in [1.82, 2.24) is 5.32 Å². The molecule has 26 heavy (non-hydrogen) atoms. The maximum Gasteiger partial charge on any atom is 0.471 e. The van der Waals surface area contributed by atoms with Crippen molar-refractivity contribution in [3.63, 3.8) is 0 Å². The summed E-state index contributed by atoms with van der Waals surface area (Å²) in [6.07, 6.45) is 11.6. The van der Waals surface area contributed by atoms with E-state index in [0.29, 0.717) is 12.8 Å². The van der Waals surface area contributed by atoms with Crippen LogP contribution in [0.2, 0.25) is 0 Å². The van der Waals surface area contributed by atoms with E-state index in [1.807, 2.05) is 11.4 Å². The van der Waals surface area contributed by atoms with Gasteiger partial charge in [0.2, 0.25) is 0 Å². The van der Waals surface area contributed by atoms with Crippen LogP contribution in [0.25, 0.3) is 0 Å². The molecule has 0 aliphatic heterocycles. The van der Waals surface area contributed by atoms with E-state index in [-0.39, 0.29) is 12.3 Å². The maximum absolute atomic E-state index is 11.9. The minimum atomic E-state index is -4.80. The molecule has 0 aliphatic carbocycles. The third-order valence-electron chi connectivity index (χ3n) is 4.17. The van der Waals surface area contributed by atoms with Crippen molar-refractivity contribution in [2.24, 2.45) is 0 Å². The molecule has 0 fully saturated rings. The molecule has 152 valence electrons. The van der Waals surface area contributed by atoms with Crippen LogP contribution in [0.15, 0.2) is 12.2 Å². The monoisotopic (exact) mass is 377 g/mol. The van der Waals surface area contributed by atoms with Crippen molar-refractivity contribution in [3.8, 4) is 0 Å². The fourth-order valence-electron chi connectivity index (χ4n) is 2.60. The van der Waals surface area contributed by atoms with Crippen molar-refractivity contribution in [2.45, 2.75) is 96.6 Å². The van der Waals surface area contributed by atoms with Gasteiger partial charge in [-0.25, -0.2) is 0 Å². The van der Waals surface area contributed by atoms with Gasteiger partial charge < -0.3 is 5.32 Å². The van der Waals surface area contributed by atoms with E-state index >= 15 is 0 Å². The second kappa shape index (κ2) is 15.9. The van der Waals surface area contributed by atoms with E-state index < -0.39 is 12.1 Å². The van der Waals surface area contributed by atoms with Crippen LogP contribution in [0.1, 0.15) is 90.4 Å². The Morgan fingerprint density at radius 1 is 0.846 bits per heavy atom. The average Bonchev–Trinajstić information content (AvgIpc) is 2.58. The van der Waals surface area contributed by atoms with Gasteiger partial charge >= 0.3 is 12.1 Å². The summed E-state index contributed by atoms with van der Waals surface area (Å²) in [5.41, 5.74) is 0. The van der Waals surface area contributed by atoms with Gasteiger partial charge in [-0.3, -0.25) is 9.59 Å². The first kappa shape index (κ1) is 24.7. The first-order chi connectivity index (χ1) is 12.4. The Morgan fingerprint density at radius 3 is 2.08 bits per heavy atom. The number of unbranched alkanes of at least 4 members (excludes halogenated alkanes) is 10. The van der Waals surface area contributed by atoms with Crippen molar-refractivity contribution >= 4 is 11.7 Å². The van der Waals surface area contributed by atoms with E-state index in [1.165, 1.54) is 25.7 Å². The SMILES string of the molecule is CCCCCCC/C=C/C(=O)CCCCCCCCNC(=O)C(F)(F)F. The summed E-state index contributed by atoms with van der Waals surface area (Å²) in [5.74, 6) is -1.70. The van der Waals surface area contributed by atoms with E-state index in [4.69, 9.17) is 0 Å². The third kappa shape index (κ3) is 16.2. The highest BCUT2D eigenvalue weighted by molar-refractivity contribution is 5.89. The summed E-state index contributed by atoms with van der Waals surface area (Å²) in [4.78, 5) is 22.3. The van der Waals surface area contributed by atoms with Gasteiger partial charge in [0, 0.05) is 13.0 Å². The molecule has 0 aromatic carbocycles. The number of allylic oxidation sites excluding steroid dienone is 2. The van der Waals surface area contributed by atoms with Crippen LogP contribution in [0.4, 0.5) is 13.2 Å². The lowest BCUT2D eigenvalue weighted by Gasteiger charge is -2.07. The van der Waals surface area contributed by atoms with E-state index in [2.05, 4.69) is 6.92 Å². The number of nitrogens with one attached hydrogen (secondary N) is 1. The van der Waals surface area contributed by atoms with Gasteiger partial charge in [0.15, 0.2) is 5.78 Å². The lowest BCUT2D eigenvalue weighted by atomic mass is 10.1. The minimum absolute atomic E-state index is 0.0556. The summed E-state index contributed by atoms with van der Waals surface area (Å²) in [6.45, 7) is 2.25. The molecule has 0 atom stereocenters. The summed E-state index contributed by atoms with van der Waals surface area (Å²) in [6, 6.07) is 0. The standard InChI is InChI=1S/C20H34F3NO2/c1-2-3-4-5-6-9-12-15-18(25)16-13-10-7-8-11-14-17-24-19(26)20(21,22)23/h12,15H,2-11,13-14,16-17H2,1H3,(H,24,26)/b15-12+. The van der Waals surface area contributed by atoms with Crippen LogP contribution in [-0.2, 0) is 9.59 Å². The molecule has 0 bridgehead atoms. The number of amides is 1. The Balaban J connectivity index is 3.39. The highest BCUT2D eigenvalue weighted by Crippen LogP contribution is 2.14. The highest BCUT2D eigenvalue weighted by atomic mass is 19.4.